The van der Waals surface area contributed by atoms with E-state index in [4.69, 9.17) is 4.98 Å². The predicted molar refractivity (Wildman–Crippen MR) is 147 cm³/mol. The van der Waals surface area contributed by atoms with Gasteiger partial charge in [0.1, 0.15) is 28.3 Å². The van der Waals surface area contributed by atoms with Crippen LogP contribution >= 0.6 is 11.3 Å². The summed E-state index contributed by atoms with van der Waals surface area (Å²) in [5, 5.41) is 26.9. The Morgan fingerprint density at radius 1 is 1.37 bits per heavy atom. The number of likely N-dealkylation sites (N-methyl/N-ethyl adjacent to an activating group) is 1. The molecule has 0 aliphatic carbocycles. The van der Waals surface area contributed by atoms with E-state index < -0.39 is 6.10 Å². The van der Waals surface area contributed by atoms with Gasteiger partial charge in [-0.3, -0.25) is 14.8 Å². The number of amides is 1. The Labute approximate surface area is 226 Å². The highest BCUT2D eigenvalue weighted by molar-refractivity contribution is 7.16. The lowest BCUT2D eigenvalue weighted by Crippen LogP contribution is -2.50. The molecule has 12 heteroatoms. The van der Waals surface area contributed by atoms with Crippen molar-refractivity contribution in [1.82, 2.24) is 25.2 Å². The number of aliphatic hydroxyl groups is 1. The first-order valence-corrected chi connectivity index (χ1v) is 12.9. The normalized spacial score (nSPS) is 16.0. The van der Waals surface area contributed by atoms with Crippen LogP contribution in [-0.4, -0.2) is 84.1 Å². The summed E-state index contributed by atoms with van der Waals surface area (Å²) in [5.41, 5.74) is 1.95. The van der Waals surface area contributed by atoms with Crippen LogP contribution in [0.1, 0.15) is 24.6 Å². The quantitative estimate of drug-likeness (QED) is 0.299. The van der Waals surface area contributed by atoms with E-state index in [9.17, 15) is 19.6 Å². The van der Waals surface area contributed by atoms with Crippen molar-refractivity contribution in [3.8, 4) is 17.3 Å². The van der Waals surface area contributed by atoms with Gasteiger partial charge in [0.05, 0.1) is 11.8 Å². The summed E-state index contributed by atoms with van der Waals surface area (Å²) in [6.07, 6.45) is 1.89. The van der Waals surface area contributed by atoms with E-state index in [0.29, 0.717) is 46.5 Å². The molecule has 1 aromatic carbocycles. The maximum atomic E-state index is 13.4. The van der Waals surface area contributed by atoms with Crippen LogP contribution in [0.5, 0.6) is 0 Å². The van der Waals surface area contributed by atoms with Crippen LogP contribution in [0.25, 0.3) is 11.3 Å². The fourth-order valence-corrected chi connectivity index (χ4v) is 5.09. The SMILES string of the molecule is C=CN=C(C(=O)N1CC[C@@H](O)C1)N(C)N(C)/C(CC)=C(\NC)N(C)c1nc(-c2ccc(F)cc2)c(C#N)s1. The molecule has 0 saturated carbocycles. The average Bonchev–Trinajstić information content (AvgIpc) is 3.55. The predicted octanol–water partition coefficient (Wildman–Crippen LogP) is 2.97. The molecule has 1 amide bonds. The molecule has 2 N–H and O–H groups in total. The first-order valence-electron chi connectivity index (χ1n) is 12.1. The number of benzene rings is 1. The van der Waals surface area contributed by atoms with Gasteiger partial charge >= 0.3 is 0 Å². The van der Waals surface area contributed by atoms with Crippen molar-refractivity contribution in [2.75, 3.05) is 46.2 Å². The Morgan fingerprint density at radius 2 is 2.05 bits per heavy atom. The highest BCUT2D eigenvalue weighted by Gasteiger charge is 2.31. The molecular formula is C26H33FN8O2S. The minimum Gasteiger partial charge on any atom is -0.391 e. The van der Waals surface area contributed by atoms with Crippen molar-refractivity contribution in [3.63, 3.8) is 0 Å². The molecule has 1 aliphatic rings. The number of hydrazine groups is 1. The molecule has 38 heavy (non-hydrogen) atoms. The van der Waals surface area contributed by atoms with Crippen LogP contribution in [0.3, 0.4) is 0 Å². The fourth-order valence-electron chi connectivity index (χ4n) is 4.24. The first-order chi connectivity index (χ1) is 18.2. The van der Waals surface area contributed by atoms with Gasteiger partial charge < -0.3 is 20.2 Å². The topological polar surface area (TPSA) is 111 Å². The molecule has 1 fully saturated rings. The zero-order valence-corrected chi connectivity index (χ0v) is 23.1. The van der Waals surface area contributed by atoms with E-state index >= 15 is 0 Å². The smallest absolute Gasteiger partial charge is 0.291 e. The van der Waals surface area contributed by atoms with Crippen LogP contribution in [0.2, 0.25) is 0 Å². The molecule has 2 heterocycles. The zero-order valence-electron chi connectivity index (χ0n) is 22.3. The minimum atomic E-state index is -0.543. The van der Waals surface area contributed by atoms with Crippen LogP contribution in [0.15, 0.2) is 53.6 Å². The van der Waals surface area contributed by atoms with E-state index in [2.05, 4.69) is 23.0 Å². The van der Waals surface area contributed by atoms with Crippen LogP contribution in [-0.2, 0) is 4.79 Å². The van der Waals surface area contributed by atoms with E-state index in [1.54, 1.807) is 36.1 Å². The number of carbonyl (C=O) groups excluding carboxylic acids is 1. The van der Waals surface area contributed by atoms with Crippen molar-refractivity contribution >= 4 is 28.2 Å². The van der Waals surface area contributed by atoms with Crippen molar-refractivity contribution in [2.45, 2.75) is 25.9 Å². The standard InChI is InChI=1S/C26H33FN8O2S/c1-7-20(33(5)34(6)24(30-8-2)25(37)35-14-13-19(36)16-35)23(29-3)32(4)26-31-22(21(15-28)38-26)17-9-11-18(27)12-10-17/h8-12,19,29,36H,2,7,13-14,16H2,1,3-6H3/b23-20+,30-24?/t19-/m1/s1. The maximum absolute atomic E-state index is 13.4. The number of aliphatic hydroxyl groups excluding tert-OH is 1. The largest absolute Gasteiger partial charge is 0.391 e. The number of amidine groups is 1. The van der Waals surface area contributed by atoms with E-state index in [1.807, 2.05) is 30.9 Å². The summed E-state index contributed by atoms with van der Waals surface area (Å²) < 4.78 is 13.4. The van der Waals surface area contributed by atoms with E-state index in [0.717, 1.165) is 5.70 Å². The lowest BCUT2D eigenvalue weighted by Gasteiger charge is -2.36. The number of carbonyl (C=O) groups is 1. The fraction of sp³-hybridized carbons (Fsp3) is 0.385. The van der Waals surface area contributed by atoms with Gasteiger partial charge in [0, 0.05) is 53.0 Å². The second kappa shape index (κ2) is 12.5. The molecule has 0 unspecified atom stereocenters. The Hall–Kier alpha value is -3.95. The van der Waals surface area contributed by atoms with E-state index in [-0.39, 0.29) is 24.1 Å². The molecule has 0 radical (unpaired) electrons. The molecule has 1 saturated heterocycles. The third kappa shape index (κ3) is 5.95. The lowest BCUT2D eigenvalue weighted by atomic mass is 10.1. The molecule has 1 atom stereocenters. The Bertz CT molecular complexity index is 1270. The number of hydrogen-bond donors (Lipinski definition) is 2. The summed E-state index contributed by atoms with van der Waals surface area (Å²) in [6.45, 7) is 6.36. The molecule has 1 aliphatic heterocycles. The molecule has 202 valence electrons. The summed E-state index contributed by atoms with van der Waals surface area (Å²) in [4.78, 5) is 26.0. The molecule has 0 spiro atoms. The molecule has 10 nitrogen and oxygen atoms in total. The number of nitrogens with zero attached hydrogens (tertiary/aromatic N) is 7. The van der Waals surface area contributed by atoms with Gasteiger partial charge in [-0.25, -0.2) is 14.4 Å². The average molecular weight is 541 g/mol. The minimum absolute atomic E-state index is 0.167. The van der Waals surface area contributed by atoms with Crippen LogP contribution < -0.4 is 10.2 Å². The second-order valence-corrected chi connectivity index (χ2v) is 9.60. The van der Waals surface area contributed by atoms with Crippen molar-refractivity contribution in [3.05, 3.63) is 59.3 Å². The number of likely N-dealkylation sites (tertiary alicyclic amines) is 1. The number of anilines is 1. The highest BCUT2D eigenvalue weighted by Crippen LogP contribution is 2.34. The first kappa shape index (κ1) is 28.6. The zero-order chi connectivity index (χ0) is 28.0. The van der Waals surface area contributed by atoms with Crippen molar-refractivity contribution < 1.29 is 14.3 Å². The number of β-amino-alcohol motifs (C(OH)–C–C–N with tert-alkyl or cyclic N) is 1. The summed E-state index contributed by atoms with van der Waals surface area (Å²) in [6, 6.07) is 8.06. The number of nitriles is 1. The molecule has 0 bridgehead atoms. The second-order valence-electron chi connectivity index (χ2n) is 8.63. The van der Waals surface area contributed by atoms with Crippen molar-refractivity contribution in [1.29, 1.82) is 5.26 Å². The van der Waals surface area contributed by atoms with Gasteiger partial charge in [-0.15, -0.1) is 0 Å². The van der Waals surface area contributed by atoms with Crippen molar-refractivity contribution in [2.24, 2.45) is 4.99 Å². The van der Waals surface area contributed by atoms with E-state index in [1.165, 1.54) is 29.7 Å². The lowest BCUT2D eigenvalue weighted by molar-refractivity contribution is -0.124. The summed E-state index contributed by atoms with van der Waals surface area (Å²) in [7, 11) is 7.17. The summed E-state index contributed by atoms with van der Waals surface area (Å²) in [5.74, 6) is 0.208. The highest BCUT2D eigenvalue weighted by atomic mass is 32.1. The van der Waals surface area contributed by atoms with Gasteiger partial charge in [-0.1, -0.05) is 24.8 Å². The third-order valence-corrected chi connectivity index (χ3v) is 7.34. The molecular weight excluding hydrogens is 507 g/mol. The number of halogens is 1. The Morgan fingerprint density at radius 3 is 2.58 bits per heavy atom. The Balaban J connectivity index is 1.96. The number of thiazole rings is 1. The number of aliphatic imine (C=N–C) groups is 1. The number of rotatable bonds is 8. The number of aromatic nitrogens is 1. The van der Waals surface area contributed by atoms with Gasteiger partial charge in [0.25, 0.3) is 5.91 Å². The Kier molecular flexibility index (Phi) is 9.44. The van der Waals surface area contributed by atoms with Crippen LogP contribution in [0, 0.1) is 17.1 Å². The van der Waals surface area contributed by atoms with Gasteiger partial charge in [-0.05, 0) is 37.1 Å². The maximum Gasteiger partial charge on any atom is 0.291 e. The number of allylic oxidation sites excluding steroid dienone is 1. The molecule has 3 rings (SSSR count). The number of hydrogen-bond acceptors (Lipinski definition) is 9. The van der Waals surface area contributed by atoms with Gasteiger partial charge in [-0.2, -0.15) is 5.26 Å². The number of nitrogens with one attached hydrogen (secondary N) is 1. The monoisotopic (exact) mass is 540 g/mol. The van der Waals surface area contributed by atoms with Crippen LogP contribution in [0.4, 0.5) is 9.52 Å². The third-order valence-electron chi connectivity index (χ3n) is 6.31. The van der Waals surface area contributed by atoms with Gasteiger partial charge in [0.15, 0.2) is 5.13 Å². The summed E-state index contributed by atoms with van der Waals surface area (Å²) >= 11 is 1.23. The van der Waals surface area contributed by atoms with Gasteiger partial charge in [0.2, 0.25) is 5.84 Å². The molecule has 2 aromatic rings. The molecule has 1 aromatic heterocycles.